The summed E-state index contributed by atoms with van der Waals surface area (Å²) in [5.74, 6) is -2.62. The molecule has 1 amide bonds. The minimum atomic E-state index is -1.12. The normalized spacial score (nSPS) is 10.7. The first kappa shape index (κ1) is 22.2. The number of pyridine rings is 2. The van der Waals surface area contributed by atoms with Crippen LogP contribution < -0.4 is 4.90 Å². The molecule has 0 radical (unpaired) electrons. The average Bonchev–Trinajstić information content (AvgIpc) is 2.79. The van der Waals surface area contributed by atoms with Gasteiger partial charge in [-0.3, -0.25) is 19.6 Å². The lowest BCUT2D eigenvalue weighted by atomic mass is 10.0. The number of hydrogen-bond donors (Lipinski definition) is 0. The van der Waals surface area contributed by atoms with Crippen molar-refractivity contribution < 1.29 is 18.4 Å². The average molecular weight is 423 g/mol. The standard InChI is InChI=1S/C24H23F2N3O2/c1-4-22(31)29(3)20-11-9-18(23(25)24(20)26)19-10-7-17(14-28-19)21(30)12-8-16-6-5-13-27-15(16)2/h5-7,9-11,13-14H,4,8,12H2,1-3H3. The summed E-state index contributed by atoms with van der Waals surface area (Å²) in [6.07, 6.45) is 4.11. The molecule has 5 nitrogen and oxygen atoms in total. The Bertz CT molecular complexity index is 1110. The number of aromatic nitrogens is 2. The lowest BCUT2D eigenvalue weighted by molar-refractivity contribution is -0.118. The number of rotatable bonds is 7. The van der Waals surface area contributed by atoms with Crippen LogP contribution in [0.15, 0.2) is 48.8 Å². The molecule has 160 valence electrons. The zero-order valence-corrected chi connectivity index (χ0v) is 17.7. The molecule has 0 atom stereocenters. The summed E-state index contributed by atoms with van der Waals surface area (Å²) < 4.78 is 29.2. The summed E-state index contributed by atoms with van der Waals surface area (Å²) >= 11 is 0. The molecular formula is C24H23F2N3O2. The molecule has 2 aromatic heterocycles. The molecule has 0 bridgehead atoms. The van der Waals surface area contributed by atoms with Crippen LogP contribution >= 0.6 is 0 Å². The van der Waals surface area contributed by atoms with E-state index in [0.717, 1.165) is 16.2 Å². The largest absolute Gasteiger partial charge is 0.313 e. The van der Waals surface area contributed by atoms with Crippen molar-refractivity contribution >= 4 is 17.4 Å². The van der Waals surface area contributed by atoms with Gasteiger partial charge in [0.15, 0.2) is 17.4 Å². The van der Waals surface area contributed by atoms with Gasteiger partial charge in [-0.25, -0.2) is 8.78 Å². The number of anilines is 1. The van der Waals surface area contributed by atoms with Crippen LogP contribution in [0.5, 0.6) is 0 Å². The van der Waals surface area contributed by atoms with Gasteiger partial charge in [-0.05, 0) is 49.2 Å². The number of carbonyl (C=O) groups excluding carboxylic acids is 2. The van der Waals surface area contributed by atoms with E-state index in [9.17, 15) is 18.4 Å². The number of amides is 1. The van der Waals surface area contributed by atoms with E-state index < -0.39 is 11.6 Å². The van der Waals surface area contributed by atoms with E-state index in [1.165, 1.54) is 31.4 Å². The highest BCUT2D eigenvalue weighted by Crippen LogP contribution is 2.29. The molecule has 0 aliphatic carbocycles. The summed E-state index contributed by atoms with van der Waals surface area (Å²) in [6.45, 7) is 3.54. The Labute approximate surface area is 179 Å². The number of aryl methyl sites for hydroxylation is 2. The van der Waals surface area contributed by atoms with Gasteiger partial charge in [0.1, 0.15) is 0 Å². The minimum absolute atomic E-state index is 0.0384. The Balaban J connectivity index is 1.76. The third-order valence-corrected chi connectivity index (χ3v) is 5.20. The van der Waals surface area contributed by atoms with Gasteiger partial charge < -0.3 is 4.90 Å². The summed E-state index contributed by atoms with van der Waals surface area (Å²) in [6, 6.07) is 9.53. The zero-order valence-electron chi connectivity index (χ0n) is 17.7. The number of hydrogen-bond acceptors (Lipinski definition) is 4. The predicted molar refractivity (Wildman–Crippen MR) is 115 cm³/mol. The van der Waals surface area contributed by atoms with Gasteiger partial charge in [0.05, 0.1) is 11.4 Å². The van der Waals surface area contributed by atoms with Gasteiger partial charge in [-0.1, -0.05) is 13.0 Å². The van der Waals surface area contributed by atoms with E-state index in [1.54, 1.807) is 19.2 Å². The maximum atomic E-state index is 14.7. The van der Waals surface area contributed by atoms with E-state index in [1.807, 2.05) is 19.1 Å². The van der Waals surface area contributed by atoms with Crippen molar-refractivity contribution in [1.29, 1.82) is 0 Å². The topological polar surface area (TPSA) is 63.2 Å². The number of halogens is 2. The van der Waals surface area contributed by atoms with Crippen LogP contribution in [0.1, 0.15) is 41.4 Å². The first-order chi connectivity index (χ1) is 14.8. The van der Waals surface area contributed by atoms with E-state index in [-0.39, 0.29) is 35.1 Å². The van der Waals surface area contributed by atoms with Crippen LogP contribution in [0.3, 0.4) is 0 Å². The highest BCUT2D eigenvalue weighted by molar-refractivity contribution is 5.96. The molecule has 0 N–H and O–H groups in total. The molecule has 3 aromatic rings. The number of nitrogens with zero attached hydrogens (tertiary/aromatic N) is 3. The molecule has 3 rings (SSSR count). The summed E-state index contributed by atoms with van der Waals surface area (Å²) in [4.78, 5) is 33.7. The molecule has 0 aliphatic heterocycles. The number of carbonyl (C=O) groups is 2. The summed E-state index contributed by atoms with van der Waals surface area (Å²) in [5, 5.41) is 0. The highest BCUT2D eigenvalue weighted by Gasteiger charge is 2.20. The Hall–Kier alpha value is -3.48. The van der Waals surface area contributed by atoms with Crippen molar-refractivity contribution in [2.24, 2.45) is 0 Å². The quantitative estimate of drug-likeness (QED) is 0.506. The van der Waals surface area contributed by atoms with Crippen molar-refractivity contribution in [3.8, 4) is 11.3 Å². The molecular weight excluding hydrogens is 400 g/mol. The second kappa shape index (κ2) is 9.55. The van der Waals surface area contributed by atoms with E-state index in [4.69, 9.17) is 0 Å². The zero-order chi connectivity index (χ0) is 22.5. The molecule has 0 unspecified atom stereocenters. The Morgan fingerprint density at radius 2 is 1.81 bits per heavy atom. The fraction of sp³-hybridized carbons (Fsp3) is 0.250. The first-order valence-corrected chi connectivity index (χ1v) is 9.98. The van der Waals surface area contributed by atoms with Crippen LogP contribution in [-0.2, 0) is 11.2 Å². The SMILES string of the molecule is CCC(=O)N(C)c1ccc(-c2ccc(C(=O)CCc3cccnc3C)cn2)c(F)c1F. The molecule has 0 aliphatic rings. The van der Waals surface area contributed by atoms with Gasteiger partial charge >= 0.3 is 0 Å². The molecule has 2 heterocycles. The Kier molecular flexibility index (Phi) is 6.84. The molecule has 7 heteroatoms. The molecule has 0 saturated heterocycles. The number of ketones is 1. The van der Waals surface area contributed by atoms with E-state index in [0.29, 0.717) is 18.4 Å². The highest BCUT2D eigenvalue weighted by atomic mass is 19.2. The van der Waals surface area contributed by atoms with Gasteiger partial charge in [-0.2, -0.15) is 0 Å². The number of Topliss-reactive ketones (excluding diaryl/α,β-unsaturated/α-hetero) is 1. The van der Waals surface area contributed by atoms with Crippen LogP contribution in [0, 0.1) is 18.6 Å². The monoisotopic (exact) mass is 423 g/mol. The minimum Gasteiger partial charge on any atom is -0.313 e. The van der Waals surface area contributed by atoms with Crippen molar-refractivity contribution in [2.75, 3.05) is 11.9 Å². The third kappa shape index (κ3) is 4.82. The smallest absolute Gasteiger partial charge is 0.226 e. The third-order valence-electron chi connectivity index (χ3n) is 5.20. The molecule has 0 fully saturated rings. The fourth-order valence-corrected chi connectivity index (χ4v) is 3.26. The second-order valence-corrected chi connectivity index (χ2v) is 7.17. The molecule has 0 spiro atoms. The lowest BCUT2D eigenvalue weighted by Crippen LogP contribution is -2.26. The fourth-order valence-electron chi connectivity index (χ4n) is 3.26. The van der Waals surface area contributed by atoms with E-state index >= 15 is 0 Å². The van der Waals surface area contributed by atoms with Crippen molar-refractivity contribution in [2.45, 2.75) is 33.1 Å². The maximum absolute atomic E-state index is 14.7. The van der Waals surface area contributed by atoms with Crippen LogP contribution in [0.4, 0.5) is 14.5 Å². The van der Waals surface area contributed by atoms with Gasteiger partial charge in [0.25, 0.3) is 0 Å². The van der Waals surface area contributed by atoms with Crippen molar-refractivity contribution in [3.63, 3.8) is 0 Å². The summed E-state index contributed by atoms with van der Waals surface area (Å²) in [7, 11) is 1.40. The lowest BCUT2D eigenvalue weighted by Gasteiger charge is -2.18. The first-order valence-electron chi connectivity index (χ1n) is 9.98. The second-order valence-electron chi connectivity index (χ2n) is 7.17. The van der Waals surface area contributed by atoms with Crippen LogP contribution in [0.2, 0.25) is 0 Å². The van der Waals surface area contributed by atoms with Crippen LogP contribution in [0.25, 0.3) is 11.3 Å². The maximum Gasteiger partial charge on any atom is 0.226 e. The molecule has 31 heavy (non-hydrogen) atoms. The predicted octanol–water partition coefficient (Wildman–Crippen LogP) is 4.92. The van der Waals surface area contributed by atoms with Gasteiger partial charge in [-0.15, -0.1) is 0 Å². The molecule has 0 saturated carbocycles. The van der Waals surface area contributed by atoms with E-state index in [2.05, 4.69) is 9.97 Å². The Morgan fingerprint density at radius 1 is 1.03 bits per heavy atom. The van der Waals surface area contributed by atoms with Crippen molar-refractivity contribution in [1.82, 2.24) is 9.97 Å². The van der Waals surface area contributed by atoms with Crippen molar-refractivity contribution in [3.05, 3.63) is 77.2 Å². The molecule has 1 aromatic carbocycles. The number of benzene rings is 1. The van der Waals surface area contributed by atoms with Crippen LogP contribution in [-0.4, -0.2) is 28.7 Å². The van der Waals surface area contributed by atoms with Gasteiger partial charge in [0, 0.05) is 49.1 Å². The summed E-state index contributed by atoms with van der Waals surface area (Å²) in [5.41, 5.74) is 2.32. The van der Waals surface area contributed by atoms with Gasteiger partial charge in [0.2, 0.25) is 5.91 Å². The Morgan fingerprint density at radius 3 is 2.45 bits per heavy atom.